The Kier molecular flexibility index (Phi) is 4.07. The molecule has 1 unspecified atom stereocenters. The molecule has 84 valence electrons. The van der Waals surface area contributed by atoms with E-state index >= 15 is 0 Å². The van der Waals surface area contributed by atoms with Gasteiger partial charge in [0.25, 0.3) is 5.91 Å². The second kappa shape index (κ2) is 5.32. The largest absolute Gasteiger partial charge is 0.338 e. The van der Waals surface area contributed by atoms with Crippen LogP contribution in [0, 0.1) is 25.1 Å². The summed E-state index contributed by atoms with van der Waals surface area (Å²) in [5, 5.41) is 2.70. The van der Waals surface area contributed by atoms with Crippen molar-refractivity contribution in [3.63, 3.8) is 0 Å². The van der Waals surface area contributed by atoms with E-state index < -0.39 is 0 Å². The number of hydrogen-bond acceptors (Lipinski definition) is 1. The van der Waals surface area contributed by atoms with Gasteiger partial charge < -0.3 is 5.32 Å². The summed E-state index contributed by atoms with van der Waals surface area (Å²) < 4.78 is 12.8. The van der Waals surface area contributed by atoms with Gasteiger partial charge in [-0.05, 0) is 37.1 Å². The number of nitrogens with one attached hydrogen (secondary N) is 1. The van der Waals surface area contributed by atoms with Gasteiger partial charge in [-0.3, -0.25) is 4.79 Å². The molecule has 1 aromatic rings. The zero-order valence-electron chi connectivity index (χ0n) is 9.38. The van der Waals surface area contributed by atoms with E-state index in [2.05, 4.69) is 11.2 Å². The van der Waals surface area contributed by atoms with Crippen LogP contribution in [0.1, 0.15) is 29.3 Å². The van der Waals surface area contributed by atoms with Crippen LogP contribution in [0.4, 0.5) is 4.39 Å². The molecule has 1 atom stereocenters. The minimum Gasteiger partial charge on any atom is -0.338 e. The molecule has 1 N–H and O–H groups in total. The van der Waals surface area contributed by atoms with E-state index in [0.29, 0.717) is 17.5 Å². The Morgan fingerprint density at radius 2 is 2.31 bits per heavy atom. The molecule has 0 spiro atoms. The molecule has 0 radical (unpaired) electrons. The lowest BCUT2D eigenvalue weighted by molar-refractivity contribution is 0.0944. The van der Waals surface area contributed by atoms with Gasteiger partial charge in [0.2, 0.25) is 0 Å². The summed E-state index contributed by atoms with van der Waals surface area (Å²) in [7, 11) is 0. The number of rotatable bonds is 3. The Morgan fingerprint density at radius 3 is 2.81 bits per heavy atom. The molecule has 1 rings (SSSR count). The highest BCUT2D eigenvalue weighted by Crippen LogP contribution is 2.10. The molecule has 0 aromatic heterocycles. The number of carbonyl (C=O) groups excluding carboxylic acids is 1. The number of amides is 1. The molecule has 0 aliphatic rings. The third-order valence-corrected chi connectivity index (χ3v) is 2.35. The fraction of sp³-hybridized carbons (Fsp3) is 0.308. The predicted octanol–water partition coefficient (Wildman–Crippen LogP) is 2.28. The van der Waals surface area contributed by atoms with Crippen molar-refractivity contribution < 1.29 is 9.18 Å². The number of terminal acetylenes is 1. The van der Waals surface area contributed by atoms with Crippen LogP contribution in [0.2, 0.25) is 0 Å². The summed E-state index contributed by atoms with van der Waals surface area (Å²) >= 11 is 0. The first-order valence-electron chi connectivity index (χ1n) is 5.11. The van der Waals surface area contributed by atoms with E-state index in [-0.39, 0.29) is 17.8 Å². The summed E-state index contributed by atoms with van der Waals surface area (Å²) in [5.74, 6) is 1.87. The SMILES string of the molecule is C#CC(CC)NC(=O)c1ccc(F)cc1C. The molecular formula is C13H14FNO. The third kappa shape index (κ3) is 2.83. The van der Waals surface area contributed by atoms with Gasteiger partial charge in [0, 0.05) is 5.56 Å². The lowest BCUT2D eigenvalue weighted by Crippen LogP contribution is -2.33. The van der Waals surface area contributed by atoms with Crippen molar-refractivity contribution >= 4 is 5.91 Å². The lowest BCUT2D eigenvalue weighted by Gasteiger charge is -2.12. The molecule has 1 amide bonds. The molecule has 0 heterocycles. The van der Waals surface area contributed by atoms with Crippen LogP contribution in [0.3, 0.4) is 0 Å². The Morgan fingerprint density at radius 1 is 1.62 bits per heavy atom. The van der Waals surface area contributed by atoms with Gasteiger partial charge in [-0.1, -0.05) is 12.8 Å². The van der Waals surface area contributed by atoms with E-state index in [1.54, 1.807) is 6.92 Å². The highest BCUT2D eigenvalue weighted by atomic mass is 19.1. The Bertz CT molecular complexity index is 434. The van der Waals surface area contributed by atoms with Crippen LogP contribution < -0.4 is 5.32 Å². The topological polar surface area (TPSA) is 29.1 Å². The predicted molar refractivity (Wildman–Crippen MR) is 61.5 cm³/mol. The Labute approximate surface area is 94.9 Å². The minimum atomic E-state index is -0.349. The number of hydrogen-bond donors (Lipinski definition) is 1. The van der Waals surface area contributed by atoms with Gasteiger partial charge >= 0.3 is 0 Å². The van der Waals surface area contributed by atoms with E-state index in [1.807, 2.05) is 6.92 Å². The van der Waals surface area contributed by atoms with Crippen LogP contribution in [-0.4, -0.2) is 11.9 Å². The smallest absolute Gasteiger partial charge is 0.252 e. The summed E-state index contributed by atoms with van der Waals surface area (Å²) in [6, 6.07) is 3.77. The number of carbonyl (C=O) groups is 1. The first kappa shape index (κ1) is 12.3. The van der Waals surface area contributed by atoms with E-state index in [9.17, 15) is 9.18 Å². The number of halogens is 1. The van der Waals surface area contributed by atoms with Crippen molar-refractivity contribution in [2.24, 2.45) is 0 Å². The zero-order valence-corrected chi connectivity index (χ0v) is 9.38. The molecular weight excluding hydrogens is 205 g/mol. The maximum Gasteiger partial charge on any atom is 0.252 e. The molecule has 0 saturated heterocycles. The van der Waals surface area contributed by atoms with Crippen molar-refractivity contribution in [2.75, 3.05) is 0 Å². The lowest BCUT2D eigenvalue weighted by atomic mass is 10.1. The van der Waals surface area contributed by atoms with Gasteiger partial charge in [0.15, 0.2) is 0 Å². The fourth-order valence-electron chi connectivity index (χ4n) is 1.38. The quantitative estimate of drug-likeness (QED) is 0.776. The number of aryl methyl sites for hydroxylation is 1. The summed E-state index contributed by atoms with van der Waals surface area (Å²) in [6.07, 6.45) is 5.92. The van der Waals surface area contributed by atoms with Gasteiger partial charge in [-0.2, -0.15) is 0 Å². The first-order chi connectivity index (χ1) is 7.58. The highest BCUT2D eigenvalue weighted by Gasteiger charge is 2.12. The monoisotopic (exact) mass is 219 g/mol. The molecule has 2 nitrogen and oxygen atoms in total. The van der Waals surface area contributed by atoms with Crippen molar-refractivity contribution in [2.45, 2.75) is 26.3 Å². The van der Waals surface area contributed by atoms with E-state index in [4.69, 9.17) is 6.42 Å². The molecule has 16 heavy (non-hydrogen) atoms. The van der Waals surface area contributed by atoms with Crippen LogP contribution in [-0.2, 0) is 0 Å². The van der Waals surface area contributed by atoms with Gasteiger partial charge in [0.05, 0.1) is 6.04 Å². The molecule has 0 aliphatic heterocycles. The van der Waals surface area contributed by atoms with Gasteiger partial charge in [-0.15, -0.1) is 6.42 Å². The van der Waals surface area contributed by atoms with Crippen molar-refractivity contribution in [1.82, 2.24) is 5.32 Å². The average molecular weight is 219 g/mol. The molecule has 0 saturated carbocycles. The Balaban J connectivity index is 2.85. The fourth-order valence-corrected chi connectivity index (χ4v) is 1.38. The first-order valence-corrected chi connectivity index (χ1v) is 5.11. The van der Waals surface area contributed by atoms with Crippen LogP contribution in [0.15, 0.2) is 18.2 Å². The molecule has 0 fully saturated rings. The van der Waals surface area contributed by atoms with Crippen molar-refractivity contribution in [1.29, 1.82) is 0 Å². The van der Waals surface area contributed by atoms with Gasteiger partial charge in [-0.25, -0.2) is 4.39 Å². The Hall–Kier alpha value is -1.82. The minimum absolute atomic E-state index is 0.262. The normalized spacial score (nSPS) is 11.6. The maximum atomic E-state index is 12.8. The van der Waals surface area contributed by atoms with Crippen molar-refractivity contribution in [3.05, 3.63) is 35.1 Å². The molecule has 0 bridgehead atoms. The van der Waals surface area contributed by atoms with Crippen LogP contribution in [0.5, 0.6) is 0 Å². The molecule has 1 aromatic carbocycles. The highest BCUT2D eigenvalue weighted by molar-refractivity contribution is 5.95. The third-order valence-electron chi connectivity index (χ3n) is 2.35. The van der Waals surface area contributed by atoms with Crippen LogP contribution >= 0.6 is 0 Å². The average Bonchev–Trinajstić information content (AvgIpc) is 2.25. The van der Waals surface area contributed by atoms with Gasteiger partial charge in [0.1, 0.15) is 5.82 Å². The summed E-state index contributed by atoms with van der Waals surface area (Å²) in [6.45, 7) is 3.58. The molecule has 3 heteroatoms. The second-order valence-electron chi connectivity index (χ2n) is 3.56. The summed E-state index contributed by atoms with van der Waals surface area (Å²) in [5.41, 5.74) is 1.06. The maximum absolute atomic E-state index is 12.8. The zero-order chi connectivity index (χ0) is 12.1. The van der Waals surface area contributed by atoms with Crippen molar-refractivity contribution in [3.8, 4) is 12.3 Å². The summed E-state index contributed by atoms with van der Waals surface area (Å²) in [4.78, 5) is 11.8. The van der Waals surface area contributed by atoms with E-state index in [1.165, 1.54) is 18.2 Å². The van der Waals surface area contributed by atoms with Crippen LogP contribution in [0.25, 0.3) is 0 Å². The number of benzene rings is 1. The standard InChI is InChI=1S/C13H14FNO/c1-4-11(5-2)15-13(16)12-7-6-10(14)8-9(12)3/h1,6-8,11H,5H2,2-3H3,(H,15,16). The second-order valence-corrected chi connectivity index (χ2v) is 3.56. The molecule has 0 aliphatic carbocycles. The van der Waals surface area contributed by atoms with E-state index in [0.717, 1.165) is 0 Å².